The van der Waals surface area contributed by atoms with Crippen molar-refractivity contribution in [3.8, 4) is 5.75 Å². The predicted molar refractivity (Wildman–Crippen MR) is 120 cm³/mol. The maximum Gasteiger partial charge on any atom is 0.335 e. The molecule has 0 saturated heterocycles. The highest BCUT2D eigenvalue weighted by atomic mass is 32.1. The van der Waals surface area contributed by atoms with E-state index in [0.717, 1.165) is 33.2 Å². The number of benzene rings is 2. The highest BCUT2D eigenvalue weighted by Gasteiger charge is 2.17. The van der Waals surface area contributed by atoms with E-state index in [9.17, 15) is 10.0 Å². The molecule has 0 fully saturated rings. The standard InChI is InChI=1S/C23H21N3O4S/c1-30-19-10-6-16(7-11-19)12-14-25(15-17-4-8-18(9-5-17)22(27)28)23-24-20-3-2-13-26(29)21(20)31-23/h2-11,13H,12,14-15H2,1H3,(H,27,28). The number of nitrogens with zero attached hydrogens (tertiary/aromatic N) is 3. The van der Waals surface area contributed by atoms with Crippen molar-refractivity contribution in [1.29, 1.82) is 0 Å². The Kier molecular flexibility index (Phi) is 5.99. The van der Waals surface area contributed by atoms with Crippen molar-refractivity contribution in [3.63, 3.8) is 0 Å². The highest BCUT2D eigenvalue weighted by Crippen LogP contribution is 2.28. The van der Waals surface area contributed by atoms with Crippen molar-refractivity contribution in [2.75, 3.05) is 18.6 Å². The number of carboxylic acids is 1. The van der Waals surface area contributed by atoms with Crippen LogP contribution < -0.4 is 14.4 Å². The van der Waals surface area contributed by atoms with Crippen LogP contribution in [0.1, 0.15) is 21.5 Å². The molecule has 0 atom stereocenters. The average Bonchev–Trinajstić information content (AvgIpc) is 3.23. The molecule has 0 aliphatic carbocycles. The Balaban J connectivity index is 1.60. The van der Waals surface area contributed by atoms with Gasteiger partial charge < -0.3 is 20.0 Å². The summed E-state index contributed by atoms with van der Waals surface area (Å²) >= 11 is 1.35. The summed E-state index contributed by atoms with van der Waals surface area (Å²) in [6, 6.07) is 18.3. The number of hydrogen-bond donors (Lipinski definition) is 1. The van der Waals surface area contributed by atoms with Gasteiger partial charge in [-0.2, -0.15) is 4.73 Å². The minimum absolute atomic E-state index is 0.251. The minimum atomic E-state index is -0.950. The van der Waals surface area contributed by atoms with Crippen molar-refractivity contribution in [1.82, 2.24) is 4.98 Å². The monoisotopic (exact) mass is 435 g/mol. The van der Waals surface area contributed by atoms with Gasteiger partial charge in [0.15, 0.2) is 16.8 Å². The largest absolute Gasteiger partial charge is 0.618 e. The number of ether oxygens (including phenoxy) is 1. The van der Waals surface area contributed by atoms with Crippen LogP contribution in [0.2, 0.25) is 0 Å². The molecule has 1 N–H and O–H groups in total. The van der Waals surface area contributed by atoms with Crippen molar-refractivity contribution >= 4 is 32.8 Å². The SMILES string of the molecule is COc1ccc(CCN(Cc2ccc(C(=O)O)cc2)c2nc3ccc[n+]([O-])c3s2)cc1. The van der Waals surface area contributed by atoms with Gasteiger partial charge >= 0.3 is 10.8 Å². The van der Waals surface area contributed by atoms with Crippen LogP contribution in [0.25, 0.3) is 10.3 Å². The van der Waals surface area contributed by atoms with Gasteiger partial charge in [0.2, 0.25) is 0 Å². The average molecular weight is 436 g/mol. The molecule has 31 heavy (non-hydrogen) atoms. The predicted octanol–water partition coefficient (Wildman–Crippen LogP) is 3.89. The van der Waals surface area contributed by atoms with Crippen LogP contribution in [-0.2, 0) is 13.0 Å². The summed E-state index contributed by atoms with van der Waals surface area (Å²) in [5, 5.41) is 22.0. The van der Waals surface area contributed by atoms with Gasteiger partial charge in [0.05, 0.1) is 12.7 Å². The molecule has 0 radical (unpaired) electrons. The fourth-order valence-corrected chi connectivity index (χ4v) is 4.24. The van der Waals surface area contributed by atoms with Crippen molar-refractivity contribution < 1.29 is 19.4 Å². The van der Waals surface area contributed by atoms with E-state index in [1.165, 1.54) is 17.5 Å². The molecule has 0 spiro atoms. The molecule has 0 saturated carbocycles. The maximum absolute atomic E-state index is 12.1. The molecule has 0 bridgehead atoms. The Morgan fingerprint density at radius 1 is 1.13 bits per heavy atom. The third-order valence-corrected chi connectivity index (χ3v) is 6.09. The number of anilines is 1. The number of pyridine rings is 1. The molecule has 2 aromatic carbocycles. The van der Waals surface area contributed by atoms with E-state index in [4.69, 9.17) is 9.84 Å². The second kappa shape index (κ2) is 9.01. The van der Waals surface area contributed by atoms with E-state index in [2.05, 4.69) is 9.88 Å². The Morgan fingerprint density at radius 3 is 2.48 bits per heavy atom. The lowest BCUT2D eigenvalue weighted by atomic mass is 10.1. The zero-order chi connectivity index (χ0) is 21.8. The number of aromatic carboxylic acids is 1. The summed E-state index contributed by atoms with van der Waals surface area (Å²) in [6.07, 6.45) is 2.25. The number of aromatic nitrogens is 2. The van der Waals surface area contributed by atoms with Crippen LogP contribution in [0.3, 0.4) is 0 Å². The lowest BCUT2D eigenvalue weighted by Gasteiger charge is -2.22. The van der Waals surface area contributed by atoms with E-state index < -0.39 is 5.97 Å². The van der Waals surface area contributed by atoms with Crippen molar-refractivity contribution in [3.05, 3.63) is 88.8 Å². The summed E-state index contributed by atoms with van der Waals surface area (Å²) in [6.45, 7) is 1.24. The summed E-state index contributed by atoms with van der Waals surface area (Å²) in [5.74, 6) is -0.139. The van der Waals surface area contributed by atoms with Crippen molar-refractivity contribution in [2.24, 2.45) is 0 Å². The number of carbonyl (C=O) groups is 1. The molecular weight excluding hydrogens is 414 g/mol. The third-order valence-electron chi connectivity index (χ3n) is 4.97. The molecule has 2 aromatic heterocycles. The van der Waals surface area contributed by atoms with Gasteiger partial charge in [0, 0.05) is 19.2 Å². The molecule has 4 rings (SSSR count). The smallest absolute Gasteiger partial charge is 0.335 e. The first kappa shape index (κ1) is 20.6. The molecule has 2 heterocycles. The lowest BCUT2D eigenvalue weighted by molar-refractivity contribution is -0.574. The molecule has 0 amide bonds. The summed E-state index contributed by atoms with van der Waals surface area (Å²) in [4.78, 5) is 18.5. The van der Waals surface area contributed by atoms with E-state index in [-0.39, 0.29) is 5.56 Å². The van der Waals surface area contributed by atoms with Crippen molar-refractivity contribution in [2.45, 2.75) is 13.0 Å². The molecule has 0 aliphatic rings. The second-order valence-electron chi connectivity index (χ2n) is 7.04. The van der Waals surface area contributed by atoms with E-state index in [1.54, 1.807) is 25.3 Å². The summed E-state index contributed by atoms with van der Waals surface area (Å²) < 4.78 is 6.06. The number of methoxy groups -OCH3 is 1. The Morgan fingerprint density at radius 2 is 1.84 bits per heavy atom. The van der Waals surface area contributed by atoms with Crippen LogP contribution >= 0.6 is 11.3 Å². The van der Waals surface area contributed by atoms with E-state index in [1.807, 2.05) is 42.5 Å². The quantitative estimate of drug-likeness (QED) is 0.334. The Labute approximate surface area is 183 Å². The molecule has 158 valence electrons. The number of rotatable bonds is 8. The Hall–Kier alpha value is -3.65. The lowest BCUT2D eigenvalue weighted by Crippen LogP contribution is -2.25. The zero-order valence-electron chi connectivity index (χ0n) is 16.9. The second-order valence-corrected chi connectivity index (χ2v) is 8.00. The highest BCUT2D eigenvalue weighted by molar-refractivity contribution is 7.21. The number of hydrogen-bond acceptors (Lipinski definition) is 6. The van der Waals surface area contributed by atoms with Gasteiger partial charge in [-0.3, -0.25) is 0 Å². The summed E-state index contributed by atoms with van der Waals surface area (Å²) in [5.41, 5.74) is 3.04. The first-order valence-corrected chi connectivity index (χ1v) is 10.5. The zero-order valence-corrected chi connectivity index (χ0v) is 17.7. The molecule has 0 aliphatic heterocycles. The van der Waals surface area contributed by atoms with Gasteiger partial charge in [0.25, 0.3) is 0 Å². The van der Waals surface area contributed by atoms with Crippen LogP contribution in [0, 0.1) is 5.21 Å². The van der Waals surface area contributed by atoms with Gasteiger partial charge in [-0.15, -0.1) is 0 Å². The van der Waals surface area contributed by atoms with Crippen LogP contribution in [0.5, 0.6) is 5.75 Å². The molecule has 4 aromatic rings. The van der Waals surface area contributed by atoms with E-state index in [0.29, 0.717) is 23.4 Å². The first-order chi connectivity index (χ1) is 15.0. The molecule has 8 heteroatoms. The number of fused-ring (bicyclic) bond motifs is 1. The first-order valence-electron chi connectivity index (χ1n) is 9.72. The van der Waals surface area contributed by atoms with Crippen LogP contribution in [0.4, 0.5) is 5.13 Å². The maximum atomic E-state index is 12.1. The normalized spacial score (nSPS) is 10.9. The molecule has 0 unspecified atom stereocenters. The minimum Gasteiger partial charge on any atom is -0.618 e. The number of carboxylic acid groups (broad SMARTS) is 1. The van der Waals surface area contributed by atoms with Gasteiger partial charge in [-0.1, -0.05) is 24.3 Å². The van der Waals surface area contributed by atoms with E-state index >= 15 is 0 Å². The van der Waals surface area contributed by atoms with Crippen LogP contribution in [-0.4, -0.2) is 29.7 Å². The van der Waals surface area contributed by atoms with Gasteiger partial charge in [0.1, 0.15) is 5.75 Å². The number of thiazole rings is 1. The third kappa shape index (κ3) is 4.75. The van der Waals surface area contributed by atoms with Gasteiger partial charge in [-0.25, -0.2) is 9.78 Å². The topological polar surface area (TPSA) is 89.6 Å². The Bertz CT molecular complexity index is 1190. The van der Waals surface area contributed by atoms with Gasteiger partial charge in [-0.05, 0) is 59.2 Å². The molecule has 7 nitrogen and oxygen atoms in total. The van der Waals surface area contributed by atoms with Crippen LogP contribution in [0.15, 0.2) is 66.9 Å². The summed E-state index contributed by atoms with van der Waals surface area (Å²) in [7, 11) is 1.64. The fourth-order valence-electron chi connectivity index (χ4n) is 3.27. The molecular formula is C23H21N3O4S. The fraction of sp³-hybridized carbons (Fsp3) is 0.174.